The third kappa shape index (κ3) is 1.39. The second kappa shape index (κ2) is 3.42. The van der Waals surface area contributed by atoms with Crippen LogP contribution in [0.4, 0.5) is 5.69 Å². The lowest BCUT2D eigenvalue weighted by atomic mass is 10.2. The quantitative estimate of drug-likeness (QED) is 0.843. The Labute approximate surface area is 89.9 Å². The molecule has 0 radical (unpaired) electrons. The van der Waals surface area contributed by atoms with Gasteiger partial charge >= 0.3 is 0 Å². The van der Waals surface area contributed by atoms with Crippen molar-refractivity contribution in [1.82, 2.24) is 14.8 Å². The summed E-state index contributed by atoms with van der Waals surface area (Å²) < 4.78 is 2.68. The molecule has 0 spiro atoms. The van der Waals surface area contributed by atoms with E-state index in [1.165, 1.54) is 0 Å². The molecule has 2 N–H and O–H groups in total. The van der Waals surface area contributed by atoms with Crippen LogP contribution in [0.5, 0.6) is 0 Å². The van der Waals surface area contributed by atoms with Gasteiger partial charge in [-0.05, 0) is 22.0 Å². The molecule has 0 atom stereocenters. The maximum Gasteiger partial charge on any atom is 0.0857 e. The van der Waals surface area contributed by atoms with Gasteiger partial charge in [0.25, 0.3) is 0 Å². The number of anilines is 1. The minimum absolute atomic E-state index is 0.698. The Morgan fingerprint density at radius 3 is 2.79 bits per heavy atom. The average molecular weight is 253 g/mol. The number of rotatable bonds is 1. The fourth-order valence-corrected chi connectivity index (χ4v) is 1.88. The zero-order valence-corrected chi connectivity index (χ0v) is 9.19. The van der Waals surface area contributed by atoms with Crippen LogP contribution in [0.2, 0.25) is 0 Å². The molecule has 14 heavy (non-hydrogen) atoms. The van der Waals surface area contributed by atoms with Gasteiger partial charge in [0.1, 0.15) is 0 Å². The van der Waals surface area contributed by atoms with E-state index in [4.69, 9.17) is 5.73 Å². The van der Waals surface area contributed by atoms with Crippen LogP contribution < -0.4 is 5.73 Å². The van der Waals surface area contributed by atoms with Crippen molar-refractivity contribution in [3.8, 4) is 11.3 Å². The van der Waals surface area contributed by atoms with E-state index in [9.17, 15) is 0 Å². The predicted molar refractivity (Wildman–Crippen MR) is 58.6 cm³/mol. The molecule has 0 aromatic carbocycles. The van der Waals surface area contributed by atoms with Crippen LogP contribution in [0.25, 0.3) is 11.3 Å². The Hall–Kier alpha value is -1.36. The van der Waals surface area contributed by atoms with Gasteiger partial charge in [0.2, 0.25) is 0 Å². The topological polar surface area (TPSA) is 56.7 Å². The van der Waals surface area contributed by atoms with Gasteiger partial charge in [-0.1, -0.05) is 0 Å². The minimum Gasteiger partial charge on any atom is -0.398 e. The predicted octanol–water partition coefficient (Wildman–Crippen LogP) is 1.83. The van der Waals surface area contributed by atoms with E-state index in [0.717, 1.165) is 15.7 Å². The van der Waals surface area contributed by atoms with Crippen molar-refractivity contribution < 1.29 is 0 Å². The second-order valence-corrected chi connectivity index (χ2v) is 3.78. The van der Waals surface area contributed by atoms with Crippen LogP contribution in [-0.4, -0.2) is 14.8 Å². The van der Waals surface area contributed by atoms with Crippen molar-refractivity contribution in [1.29, 1.82) is 0 Å². The number of halogens is 1. The fraction of sp³-hybridized carbons (Fsp3) is 0.111. The normalized spacial score (nSPS) is 10.4. The summed E-state index contributed by atoms with van der Waals surface area (Å²) in [5.41, 5.74) is 8.37. The third-order valence-corrected chi connectivity index (χ3v) is 2.58. The van der Waals surface area contributed by atoms with Crippen LogP contribution in [0, 0.1) is 0 Å². The number of pyridine rings is 1. The summed E-state index contributed by atoms with van der Waals surface area (Å²) in [6.45, 7) is 0. The number of nitrogens with zero attached hydrogens (tertiary/aromatic N) is 3. The monoisotopic (exact) mass is 252 g/mol. The summed E-state index contributed by atoms with van der Waals surface area (Å²) >= 11 is 3.42. The SMILES string of the molecule is Cn1ncc(Br)c1-c1cnccc1N. The highest BCUT2D eigenvalue weighted by molar-refractivity contribution is 9.10. The summed E-state index contributed by atoms with van der Waals surface area (Å²) in [4.78, 5) is 4.04. The van der Waals surface area contributed by atoms with E-state index in [2.05, 4.69) is 26.0 Å². The highest BCUT2D eigenvalue weighted by Gasteiger charge is 2.11. The molecule has 72 valence electrons. The molecular formula is C9H9BrN4. The van der Waals surface area contributed by atoms with Crippen molar-refractivity contribution in [2.24, 2.45) is 7.05 Å². The first-order chi connectivity index (χ1) is 6.70. The smallest absolute Gasteiger partial charge is 0.0857 e. The third-order valence-electron chi connectivity index (χ3n) is 2.00. The summed E-state index contributed by atoms with van der Waals surface area (Å²) in [5.74, 6) is 0. The van der Waals surface area contributed by atoms with E-state index in [0.29, 0.717) is 5.69 Å². The largest absolute Gasteiger partial charge is 0.398 e. The van der Waals surface area contributed by atoms with Crippen LogP contribution in [-0.2, 0) is 7.05 Å². The molecule has 2 heterocycles. The van der Waals surface area contributed by atoms with Gasteiger partial charge in [-0.3, -0.25) is 9.67 Å². The van der Waals surface area contributed by atoms with Crippen molar-refractivity contribution in [3.63, 3.8) is 0 Å². The number of nitrogens with two attached hydrogens (primary N) is 1. The zero-order valence-electron chi connectivity index (χ0n) is 7.61. The van der Waals surface area contributed by atoms with Crippen molar-refractivity contribution in [3.05, 3.63) is 29.1 Å². The van der Waals surface area contributed by atoms with Crippen molar-refractivity contribution in [2.45, 2.75) is 0 Å². The van der Waals surface area contributed by atoms with E-state index < -0.39 is 0 Å². The Morgan fingerprint density at radius 1 is 1.43 bits per heavy atom. The molecule has 4 nitrogen and oxygen atoms in total. The number of hydrogen-bond acceptors (Lipinski definition) is 3. The molecule has 0 aliphatic carbocycles. The van der Waals surface area contributed by atoms with Crippen molar-refractivity contribution in [2.75, 3.05) is 5.73 Å². The molecule has 0 bridgehead atoms. The Kier molecular flexibility index (Phi) is 2.25. The average Bonchev–Trinajstić information content (AvgIpc) is 2.48. The molecule has 5 heteroatoms. The lowest BCUT2D eigenvalue weighted by Crippen LogP contribution is -1.97. The van der Waals surface area contributed by atoms with Gasteiger partial charge in [-0.2, -0.15) is 5.10 Å². The van der Waals surface area contributed by atoms with Crippen LogP contribution in [0.15, 0.2) is 29.1 Å². The van der Waals surface area contributed by atoms with E-state index in [1.54, 1.807) is 29.3 Å². The fourth-order valence-electron chi connectivity index (χ4n) is 1.32. The molecule has 0 unspecified atom stereocenters. The van der Waals surface area contributed by atoms with Gasteiger partial charge < -0.3 is 5.73 Å². The second-order valence-electron chi connectivity index (χ2n) is 2.93. The highest BCUT2D eigenvalue weighted by Crippen LogP contribution is 2.30. The molecular weight excluding hydrogens is 244 g/mol. The molecule has 0 aliphatic rings. The maximum absolute atomic E-state index is 5.85. The van der Waals surface area contributed by atoms with Crippen LogP contribution >= 0.6 is 15.9 Å². The van der Waals surface area contributed by atoms with E-state index in [-0.39, 0.29) is 0 Å². The Morgan fingerprint density at radius 2 is 2.21 bits per heavy atom. The number of hydrogen-bond donors (Lipinski definition) is 1. The summed E-state index contributed by atoms with van der Waals surface area (Å²) in [5, 5.41) is 4.12. The van der Waals surface area contributed by atoms with Crippen molar-refractivity contribution >= 4 is 21.6 Å². The minimum atomic E-state index is 0.698. The standard InChI is InChI=1S/C9H9BrN4/c1-14-9(7(10)5-13-14)6-4-12-3-2-8(6)11/h2-5H,1H3,(H2,11,12). The maximum atomic E-state index is 5.85. The summed E-state index contributed by atoms with van der Waals surface area (Å²) in [6, 6.07) is 1.77. The first-order valence-electron chi connectivity index (χ1n) is 4.07. The summed E-state index contributed by atoms with van der Waals surface area (Å²) in [7, 11) is 1.87. The Balaban J connectivity index is 2.66. The molecule has 0 saturated carbocycles. The molecule has 0 aliphatic heterocycles. The van der Waals surface area contributed by atoms with Gasteiger partial charge in [0.15, 0.2) is 0 Å². The van der Waals surface area contributed by atoms with Gasteiger partial charge in [-0.25, -0.2) is 0 Å². The molecule has 2 rings (SSSR count). The number of aromatic nitrogens is 3. The molecule has 2 aromatic rings. The highest BCUT2D eigenvalue weighted by atomic mass is 79.9. The van der Waals surface area contributed by atoms with E-state index >= 15 is 0 Å². The lowest BCUT2D eigenvalue weighted by Gasteiger charge is -2.05. The number of aryl methyl sites for hydroxylation is 1. The lowest BCUT2D eigenvalue weighted by molar-refractivity contribution is 0.775. The Bertz CT molecular complexity index is 444. The van der Waals surface area contributed by atoms with Gasteiger partial charge in [0.05, 0.1) is 16.4 Å². The summed E-state index contributed by atoms with van der Waals surface area (Å²) in [6.07, 6.45) is 5.14. The van der Waals surface area contributed by atoms with Gasteiger partial charge in [-0.15, -0.1) is 0 Å². The molecule has 0 amide bonds. The molecule has 0 saturated heterocycles. The van der Waals surface area contributed by atoms with Crippen LogP contribution in [0.3, 0.4) is 0 Å². The zero-order chi connectivity index (χ0) is 10.1. The van der Waals surface area contributed by atoms with Gasteiger partial charge in [0, 0.05) is 30.7 Å². The molecule has 2 aromatic heterocycles. The number of nitrogen functional groups attached to an aromatic ring is 1. The molecule has 0 fully saturated rings. The first kappa shape index (κ1) is 9.21. The first-order valence-corrected chi connectivity index (χ1v) is 4.87. The van der Waals surface area contributed by atoms with Crippen LogP contribution in [0.1, 0.15) is 0 Å². The van der Waals surface area contributed by atoms with E-state index in [1.807, 2.05) is 7.05 Å².